The van der Waals surface area contributed by atoms with E-state index in [-0.39, 0.29) is 5.91 Å². The number of aromatic nitrogens is 2. The molecule has 0 bridgehead atoms. The molecule has 2 N–H and O–H groups in total. The van der Waals surface area contributed by atoms with Crippen LogP contribution in [0.5, 0.6) is 0 Å². The second-order valence-electron chi connectivity index (χ2n) is 7.69. The number of hydrogen-bond acceptors (Lipinski definition) is 6. The van der Waals surface area contributed by atoms with Crippen molar-refractivity contribution in [1.82, 2.24) is 9.97 Å². The number of furan rings is 1. The van der Waals surface area contributed by atoms with E-state index in [1.807, 2.05) is 37.4 Å². The minimum atomic E-state index is -0.259. The lowest BCUT2D eigenvalue weighted by Gasteiger charge is -2.29. The number of carbonyl (C=O) groups is 1. The zero-order chi connectivity index (χ0) is 21.2. The topological polar surface area (TPSA) is 83.3 Å². The number of fused-ring (bicyclic) bond motifs is 2. The van der Waals surface area contributed by atoms with Crippen LogP contribution < -0.4 is 15.5 Å². The molecule has 3 heterocycles. The zero-order valence-electron chi connectivity index (χ0n) is 17.3. The Morgan fingerprint density at radius 2 is 1.97 bits per heavy atom. The van der Waals surface area contributed by atoms with Gasteiger partial charge in [-0.3, -0.25) is 10.1 Å². The molecule has 0 radical (unpaired) electrons. The molecule has 7 nitrogen and oxygen atoms in total. The minimum absolute atomic E-state index is 0.259. The van der Waals surface area contributed by atoms with Gasteiger partial charge in [0, 0.05) is 30.9 Å². The third kappa shape index (κ3) is 3.82. The van der Waals surface area contributed by atoms with Crippen molar-refractivity contribution in [2.45, 2.75) is 19.4 Å². The SMILES string of the molecule is CN1CCCc2nc(NC(=O)c3cccc4cocc34)nc(NCc3ccccc3)c21. The number of anilines is 3. The first-order valence-corrected chi connectivity index (χ1v) is 10.3. The van der Waals surface area contributed by atoms with Crippen molar-refractivity contribution in [2.75, 3.05) is 29.1 Å². The predicted octanol–water partition coefficient (Wildman–Crippen LogP) is 4.47. The molecule has 0 spiro atoms. The van der Waals surface area contributed by atoms with E-state index >= 15 is 0 Å². The molecule has 5 rings (SSSR count). The van der Waals surface area contributed by atoms with E-state index < -0.39 is 0 Å². The average Bonchev–Trinajstić information content (AvgIpc) is 3.27. The van der Waals surface area contributed by atoms with Gasteiger partial charge in [0.15, 0.2) is 5.82 Å². The number of amides is 1. The van der Waals surface area contributed by atoms with Crippen molar-refractivity contribution >= 4 is 34.1 Å². The Balaban J connectivity index is 1.46. The molecule has 1 aliphatic heterocycles. The molecule has 1 aliphatic rings. The van der Waals surface area contributed by atoms with Crippen LogP contribution in [0.25, 0.3) is 10.8 Å². The lowest BCUT2D eigenvalue weighted by atomic mass is 10.1. The molecule has 31 heavy (non-hydrogen) atoms. The highest BCUT2D eigenvalue weighted by molar-refractivity contribution is 6.12. The van der Waals surface area contributed by atoms with Gasteiger partial charge in [-0.05, 0) is 24.5 Å². The molecular weight excluding hydrogens is 390 g/mol. The number of carbonyl (C=O) groups excluding carboxylic acids is 1. The molecule has 7 heteroatoms. The van der Waals surface area contributed by atoms with Crippen LogP contribution in [0.15, 0.2) is 65.5 Å². The predicted molar refractivity (Wildman–Crippen MR) is 122 cm³/mol. The smallest absolute Gasteiger partial charge is 0.258 e. The second kappa shape index (κ2) is 8.10. The Labute approximate surface area is 180 Å². The van der Waals surface area contributed by atoms with Crippen LogP contribution in [-0.4, -0.2) is 29.5 Å². The number of rotatable bonds is 5. The van der Waals surface area contributed by atoms with Crippen molar-refractivity contribution in [3.05, 3.63) is 77.9 Å². The van der Waals surface area contributed by atoms with Gasteiger partial charge in [-0.1, -0.05) is 42.5 Å². The number of nitrogens with one attached hydrogen (secondary N) is 2. The fourth-order valence-corrected chi connectivity index (χ4v) is 3.99. The van der Waals surface area contributed by atoms with Crippen molar-refractivity contribution in [3.63, 3.8) is 0 Å². The quantitative estimate of drug-likeness (QED) is 0.502. The van der Waals surface area contributed by atoms with E-state index in [9.17, 15) is 4.79 Å². The summed E-state index contributed by atoms with van der Waals surface area (Å²) < 4.78 is 5.26. The first-order chi connectivity index (χ1) is 15.2. The Morgan fingerprint density at radius 1 is 1.10 bits per heavy atom. The summed E-state index contributed by atoms with van der Waals surface area (Å²) in [6.45, 7) is 1.59. The first-order valence-electron chi connectivity index (χ1n) is 10.3. The third-order valence-corrected chi connectivity index (χ3v) is 5.54. The molecule has 1 amide bonds. The van der Waals surface area contributed by atoms with Crippen molar-refractivity contribution in [1.29, 1.82) is 0 Å². The molecule has 2 aromatic heterocycles. The van der Waals surface area contributed by atoms with E-state index in [1.165, 1.54) is 0 Å². The highest BCUT2D eigenvalue weighted by atomic mass is 16.3. The van der Waals surface area contributed by atoms with Gasteiger partial charge in [0.25, 0.3) is 5.91 Å². The van der Waals surface area contributed by atoms with Crippen molar-refractivity contribution < 1.29 is 9.21 Å². The second-order valence-corrected chi connectivity index (χ2v) is 7.69. The summed E-state index contributed by atoms with van der Waals surface area (Å²) in [7, 11) is 2.05. The van der Waals surface area contributed by atoms with E-state index in [0.717, 1.165) is 52.9 Å². The van der Waals surface area contributed by atoms with E-state index in [0.29, 0.717) is 18.1 Å². The van der Waals surface area contributed by atoms with E-state index in [1.54, 1.807) is 18.6 Å². The van der Waals surface area contributed by atoms with Crippen LogP contribution in [0.1, 0.15) is 28.0 Å². The highest BCUT2D eigenvalue weighted by Gasteiger charge is 2.23. The Hall–Kier alpha value is -3.87. The monoisotopic (exact) mass is 413 g/mol. The molecule has 0 atom stereocenters. The van der Waals surface area contributed by atoms with Crippen LogP contribution in [0, 0.1) is 0 Å². The molecule has 0 fully saturated rings. The molecule has 0 saturated carbocycles. The van der Waals surface area contributed by atoms with Gasteiger partial charge in [-0.15, -0.1) is 0 Å². The van der Waals surface area contributed by atoms with E-state index in [4.69, 9.17) is 4.42 Å². The fourth-order valence-electron chi connectivity index (χ4n) is 3.99. The number of nitrogens with zero attached hydrogens (tertiary/aromatic N) is 3. The van der Waals surface area contributed by atoms with Crippen molar-refractivity contribution in [2.24, 2.45) is 0 Å². The summed E-state index contributed by atoms with van der Waals surface area (Å²) >= 11 is 0. The first kappa shape index (κ1) is 19.1. The van der Waals surface area contributed by atoms with Crippen molar-refractivity contribution in [3.8, 4) is 0 Å². The number of benzene rings is 2. The normalized spacial score (nSPS) is 13.1. The minimum Gasteiger partial charge on any atom is -0.471 e. The van der Waals surface area contributed by atoms with Gasteiger partial charge < -0.3 is 14.6 Å². The summed E-state index contributed by atoms with van der Waals surface area (Å²) in [6.07, 6.45) is 5.07. The van der Waals surface area contributed by atoms with Gasteiger partial charge in [-0.25, -0.2) is 4.98 Å². The molecule has 0 unspecified atom stereocenters. The Morgan fingerprint density at radius 3 is 2.84 bits per heavy atom. The molecule has 2 aromatic carbocycles. The van der Waals surface area contributed by atoms with Crippen LogP contribution >= 0.6 is 0 Å². The summed E-state index contributed by atoms with van der Waals surface area (Å²) in [4.78, 5) is 24.5. The van der Waals surface area contributed by atoms with Gasteiger partial charge >= 0.3 is 0 Å². The maximum absolute atomic E-state index is 13.0. The summed E-state index contributed by atoms with van der Waals surface area (Å²) in [6, 6.07) is 15.7. The van der Waals surface area contributed by atoms with E-state index in [2.05, 4.69) is 37.6 Å². The van der Waals surface area contributed by atoms with Crippen LogP contribution in [-0.2, 0) is 13.0 Å². The van der Waals surface area contributed by atoms with Gasteiger partial charge in [0.1, 0.15) is 5.69 Å². The fraction of sp³-hybridized carbons (Fsp3) is 0.208. The summed E-state index contributed by atoms with van der Waals surface area (Å²) in [5, 5.41) is 7.97. The molecule has 0 saturated heterocycles. The molecule has 156 valence electrons. The van der Waals surface area contributed by atoms with Crippen LogP contribution in [0.4, 0.5) is 17.5 Å². The van der Waals surface area contributed by atoms with Crippen LogP contribution in [0.3, 0.4) is 0 Å². The average molecular weight is 413 g/mol. The zero-order valence-corrected chi connectivity index (χ0v) is 17.3. The Kier molecular flexibility index (Phi) is 5.00. The largest absolute Gasteiger partial charge is 0.471 e. The molecule has 4 aromatic rings. The highest BCUT2D eigenvalue weighted by Crippen LogP contribution is 2.33. The molecular formula is C24H23N5O2. The lowest BCUT2D eigenvalue weighted by molar-refractivity contribution is 0.102. The number of hydrogen-bond donors (Lipinski definition) is 2. The third-order valence-electron chi connectivity index (χ3n) is 5.54. The van der Waals surface area contributed by atoms with Crippen LogP contribution in [0.2, 0.25) is 0 Å². The van der Waals surface area contributed by atoms with Gasteiger partial charge in [0.2, 0.25) is 5.95 Å². The lowest BCUT2D eigenvalue weighted by Crippen LogP contribution is -2.28. The Bertz CT molecular complexity index is 1240. The number of aryl methyl sites for hydroxylation is 1. The molecule has 0 aliphatic carbocycles. The maximum Gasteiger partial charge on any atom is 0.258 e. The summed E-state index contributed by atoms with van der Waals surface area (Å²) in [5.74, 6) is 0.771. The van der Waals surface area contributed by atoms with Gasteiger partial charge in [-0.2, -0.15) is 4.98 Å². The maximum atomic E-state index is 13.0. The summed E-state index contributed by atoms with van der Waals surface area (Å²) in [5.41, 5.74) is 3.63. The van der Waals surface area contributed by atoms with Gasteiger partial charge in [0.05, 0.1) is 23.8 Å². The standard InChI is InChI=1S/C24H23N5O2/c1-29-12-6-11-20-21(29)22(25-13-16-7-3-2-4-8-16)27-24(26-20)28-23(30)18-10-5-9-17-14-31-15-19(17)18/h2-5,7-10,14-15H,6,11-13H2,1H3,(H2,25,26,27,28,30).